The van der Waals surface area contributed by atoms with E-state index in [1.165, 1.54) is 45.6 Å². The first-order chi connectivity index (χ1) is 37.2. The summed E-state index contributed by atoms with van der Waals surface area (Å²) < 4.78 is 173. The van der Waals surface area contributed by atoms with Gasteiger partial charge in [0.15, 0.2) is 0 Å². The fourth-order valence-electron chi connectivity index (χ4n) is 6.94. The molecule has 4 aromatic carbocycles. The van der Waals surface area contributed by atoms with Crippen LogP contribution in [-0.4, -0.2) is 71.9 Å². The molecule has 63 heavy (non-hydrogen) atoms. The summed E-state index contributed by atoms with van der Waals surface area (Å²) in [4.78, 5) is 48.8. The van der Waals surface area contributed by atoms with E-state index < -0.39 is 87.3 Å². The quantitative estimate of drug-likeness (QED) is 0.0795. The van der Waals surface area contributed by atoms with Gasteiger partial charge < -0.3 is 37.9 Å². The first-order valence-electron chi connectivity index (χ1n) is 28.0. The van der Waals surface area contributed by atoms with Crippen molar-refractivity contribution in [3.8, 4) is 11.5 Å². The second-order valence-electron chi connectivity index (χ2n) is 13.9. The number of carboxylic acid groups (broad SMARTS) is 1. The summed E-state index contributed by atoms with van der Waals surface area (Å²) in [6.07, 6.45) is -33.8. The Balaban J connectivity index is 0.000000234. The summed E-state index contributed by atoms with van der Waals surface area (Å²) in [7, 11) is 7.80. The maximum absolute atomic E-state index is 12.8. The first-order valence-corrected chi connectivity index (χ1v) is 19.0. The van der Waals surface area contributed by atoms with Gasteiger partial charge in [0.05, 0.1) is 35.2 Å². The molecule has 0 unspecified atom stereocenters. The minimum absolute atomic E-state index is 0.0628. The number of carboxylic acids is 1. The Labute approximate surface area is 391 Å². The number of methoxy groups -OCH3 is 3. The zero-order valence-electron chi connectivity index (χ0n) is 52.5. The van der Waals surface area contributed by atoms with Crippen molar-refractivity contribution >= 4 is 57.3 Å². The zero-order valence-corrected chi connectivity index (χ0v) is 34.5. The number of nitrogens with zero attached hydrogens (tertiary/aromatic N) is 2. The number of carbonyl (C=O) groups is 4. The van der Waals surface area contributed by atoms with Crippen molar-refractivity contribution in [2.75, 3.05) is 32.0 Å². The van der Waals surface area contributed by atoms with Gasteiger partial charge >= 0.3 is 24.1 Å². The maximum Gasteiger partial charge on any atom is 0.411 e. The molecule has 2 aromatic heterocycles. The second-order valence-corrected chi connectivity index (χ2v) is 13.9. The number of anilines is 2. The van der Waals surface area contributed by atoms with E-state index >= 15 is 0 Å². The van der Waals surface area contributed by atoms with Crippen molar-refractivity contribution in [2.45, 2.75) is 76.0 Å². The van der Waals surface area contributed by atoms with Gasteiger partial charge in [-0.15, -0.1) is 0 Å². The Morgan fingerprint density at radius 2 is 1.06 bits per heavy atom. The Hall–Kier alpha value is -6.96. The lowest BCUT2D eigenvalue weighted by atomic mass is 10.0. The summed E-state index contributed by atoms with van der Waals surface area (Å²) in [6, 6.07) is 18.9. The van der Waals surface area contributed by atoms with Gasteiger partial charge in [-0.25, -0.2) is 19.2 Å². The van der Waals surface area contributed by atoms with Crippen molar-refractivity contribution in [3.63, 3.8) is 0 Å². The van der Waals surface area contributed by atoms with Crippen molar-refractivity contribution < 1.29 is 72.6 Å². The molecule has 0 atom stereocenters. The van der Waals surface area contributed by atoms with E-state index in [-0.39, 0.29) is 16.9 Å². The van der Waals surface area contributed by atoms with Crippen molar-refractivity contribution in [1.82, 2.24) is 9.13 Å². The predicted octanol–water partition coefficient (Wildman–Crippen LogP) is 10.0. The molecule has 14 heteroatoms. The van der Waals surface area contributed by atoms with Crippen LogP contribution in [0.5, 0.6) is 11.5 Å². The number of amides is 2. The molecule has 6 aromatic rings. The number of fused-ring (bicyclic) bond motifs is 2. The first kappa shape index (κ1) is 26.5. The number of carbonyl (C=O) groups excluding carboxylic acids is 3. The fraction of sp³-hybridized carbons (Fsp3) is 0.347. The number of esters is 1. The molecule has 2 aliphatic rings. The lowest BCUT2D eigenvalue weighted by molar-refractivity contribution is 0.0599. The number of hydrogen-bond acceptors (Lipinski definition) is 9. The van der Waals surface area contributed by atoms with Gasteiger partial charge in [0.25, 0.3) is 0 Å². The van der Waals surface area contributed by atoms with Crippen LogP contribution < -0.4 is 20.1 Å². The summed E-state index contributed by atoms with van der Waals surface area (Å²) >= 11 is 0. The molecular weight excluding hydrogens is 805 g/mol. The molecular formula is C49H54N4O10. The van der Waals surface area contributed by atoms with E-state index in [2.05, 4.69) is 10.6 Å². The molecule has 3 N–H and O–H groups in total. The summed E-state index contributed by atoms with van der Waals surface area (Å²) in [5, 5.41) is 15.2. The Bertz CT molecular complexity index is 3460. The monoisotopic (exact) mass is 876 g/mol. The fourth-order valence-corrected chi connectivity index (χ4v) is 6.94. The number of hydrogen-bond donors (Lipinski definition) is 3. The molecule has 0 aliphatic heterocycles. The van der Waals surface area contributed by atoms with Gasteiger partial charge in [0.1, 0.15) is 23.7 Å². The molecule has 2 aliphatic carbocycles. The number of aromatic nitrogens is 2. The van der Waals surface area contributed by atoms with Crippen molar-refractivity contribution in [1.29, 1.82) is 0 Å². The molecule has 330 valence electrons. The smallest absolute Gasteiger partial charge is 0.411 e. The van der Waals surface area contributed by atoms with E-state index in [1.54, 1.807) is 55.6 Å². The van der Waals surface area contributed by atoms with Gasteiger partial charge in [-0.2, -0.15) is 0 Å². The third kappa shape index (κ3) is 10.6. The van der Waals surface area contributed by atoms with Crippen molar-refractivity contribution in [2.24, 2.45) is 14.1 Å². The summed E-state index contributed by atoms with van der Waals surface area (Å²) in [5.74, 6) is -0.778. The van der Waals surface area contributed by atoms with Crippen molar-refractivity contribution in [3.05, 3.63) is 119 Å². The van der Waals surface area contributed by atoms with Crippen LogP contribution >= 0.6 is 0 Å². The van der Waals surface area contributed by atoms with Crippen LogP contribution in [0, 0.1) is 0 Å². The molecule has 2 fully saturated rings. The van der Waals surface area contributed by atoms with E-state index in [1.807, 2.05) is 28.6 Å². The number of aromatic carboxylic acids is 1. The second kappa shape index (κ2) is 19.8. The Kier molecular flexibility index (Phi) is 8.34. The highest BCUT2D eigenvalue weighted by Gasteiger charge is 2.22. The molecule has 0 radical (unpaired) electrons. The standard InChI is InChI=1S/C25H28N2O5.C24H26N2O5/c1-27-15-18(12-16-8-9-17(24(28)31-3)13-23(16)30-2)21-14-19(10-11-22(21)27)26-25(29)32-20-6-4-5-7-20;1-26-14-17(11-15-7-8-16(23(27)28)12-22(15)30-2)20-13-18(9-10-21(20)26)25-24(29)31-19-5-3-4-6-19/h8-11,13-15,20H,4-7,12H2,1-3H3,(H,26,29);7-10,12-14,19H,3-6,11H2,1-2H3,(H,25,29)(H,27,28)/i4D2,5D2,6D2,7D2,20D;3D2,4D2,5D2,6D2,19D. The highest BCUT2D eigenvalue weighted by Crippen LogP contribution is 2.32. The predicted molar refractivity (Wildman–Crippen MR) is 240 cm³/mol. The highest BCUT2D eigenvalue weighted by molar-refractivity contribution is 5.94. The van der Waals surface area contributed by atoms with Crippen LogP contribution in [0.3, 0.4) is 0 Å². The molecule has 0 spiro atoms. The molecule has 0 saturated heterocycles. The minimum Gasteiger partial charge on any atom is -0.496 e. The normalized spacial score (nSPS) is 25.5. The number of aryl methyl sites for hydroxylation is 2. The van der Waals surface area contributed by atoms with E-state index in [9.17, 15) is 24.3 Å². The SMILES string of the molecule is [2H]C1([2H])C([2H])([2H])C([2H])([2H])C([2H])(OC(=O)Nc2ccc3c(c2)c(Cc2ccc(C(=O)O)cc2OC)cn3C)C1([2H])[2H].[2H]C1([2H])C([2H])([2H])C([2H])([2H])C([2H])(OC(=O)Nc2ccc3c(c2)c(Cc2ccc(C(=O)OC)cc2OC)cn3C)C1([2H])[2H]. The Morgan fingerprint density at radius 3 is 1.48 bits per heavy atom. The van der Waals surface area contributed by atoms with Crippen LogP contribution in [0.4, 0.5) is 21.0 Å². The number of nitrogens with one attached hydrogen (secondary N) is 2. The number of rotatable bonds is 12. The van der Waals surface area contributed by atoms with Crippen LogP contribution in [-0.2, 0) is 41.1 Å². The van der Waals surface area contributed by atoms with Gasteiger partial charge in [0, 0.05) is 94.4 Å². The molecule has 2 heterocycles. The topological polar surface area (TPSA) is 169 Å². The number of ether oxygens (including phenoxy) is 5. The van der Waals surface area contributed by atoms with Gasteiger partial charge in [0.2, 0.25) is 0 Å². The summed E-state index contributed by atoms with van der Waals surface area (Å²) in [6.45, 7) is 0. The lowest BCUT2D eigenvalue weighted by Gasteiger charge is -2.12. The summed E-state index contributed by atoms with van der Waals surface area (Å²) in [5.41, 5.74) is 5.25. The zero-order chi connectivity index (χ0) is 60.8. The van der Waals surface area contributed by atoms with E-state index in [0.29, 0.717) is 46.2 Å². The van der Waals surface area contributed by atoms with Crippen LogP contribution in [0.2, 0.25) is 0 Å². The maximum atomic E-state index is 12.8. The van der Waals surface area contributed by atoms with Gasteiger partial charge in [-0.3, -0.25) is 10.6 Å². The minimum atomic E-state index is -3.56. The third-order valence-corrected chi connectivity index (χ3v) is 9.86. The highest BCUT2D eigenvalue weighted by atomic mass is 16.6. The average molecular weight is 877 g/mol. The largest absolute Gasteiger partial charge is 0.496 e. The Morgan fingerprint density at radius 1 is 0.635 bits per heavy atom. The molecule has 14 nitrogen and oxygen atoms in total. The molecule has 2 amide bonds. The third-order valence-electron chi connectivity index (χ3n) is 9.86. The van der Waals surface area contributed by atoms with Crippen LogP contribution in [0.25, 0.3) is 21.8 Å². The van der Waals surface area contributed by atoms with Crippen LogP contribution in [0.15, 0.2) is 85.2 Å². The van der Waals surface area contributed by atoms with E-state index in [0.717, 1.165) is 27.7 Å². The molecule has 8 rings (SSSR count). The van der Waals surface area contributed by atoms with Crippen LogP contribution in [0.1, 0.15) is 119 Å². The van der Waals surface area contributed by atoms with Gasteiger partial charge in [-0.1, -0.05) is 12.1 Å². The molecule has 0 bridgehead atoms. The number of benzene rings is 4. The molecule has 2 saturated carbocycles. The van der Waals surface area contributed by atoms with Gasteiger partial charge in [-0.05, 0) is 134 Å². The average Bonchev–Trinajstić information content (AvgIpc) is 3.91. The van der Waals surface area contributed by atoms with E-state index in [4.69, 9.17) is 48.4 Å². The lowest BCUT2D eigenvalue weighted by Crippen LogP contribution is -2.20.